The van der Waals surface area contributed by atoms with Crippen molar-refractivity contribution in [1.29, 1.82) is 0 Å². The molecule has 1 rings (SSSR count). The maximum atomic E-state index is 5.68. The lowest BCUT2D eigenvalue weighted by Crippen LogP contribution is -1.70. The Morgan fingerprint density at radius 3 is 1.91 bits per heavy atom. The number of aryl methyl sites for hydroxylation is 1. The van der Waals surface area contributed by atoms with Crippen molar-refractivity contribution in [3.05, 3.63) is 33.8 Å². The van der Waals surface area contributed by atoms with Gasteiger partial charge in [-0.3, -0.25) is 0 Å². The first-order valence-electron chi connectivity index (χ1n) is 2.62. The average molecular weight is 193 g/mol. The lowest BCUT2D eigenvalue weighted by atomic mass is 10.2. The Labute approximate surface area is 79.1 Å². The molecule has 2 heteroatoms. The molecule has 0 atom stereocenters. The van der Waals surface area contributed by atoms with E-state index in [9.17, 15) is 0 Å². The number of rotatable bonds is 0. The predicted octanol–water partition coefficient (Wildman–Crippen LogP) is 4.57. The van der Waals surface area contributed by atoms with Crippen LogP contribution in [0.2, 0.25) is 10.0 Å². The third-order valence-corrected chi connectivity index (χ3v) is 1.81. The highest BCUT2D eigenvalue weighted by molar-refractivity contribution is 6.41. The van der Waals surface area contributed by atoms with Crippen LogP contribution >= 0.6 is 23.2 Å². The summed E-state index contributed by atoms with van der Waals surface area (Å²) in [4.78, 5) is 0. The Kier molecular flexibility index (Phi) is 6.64. The number of hydrogen-bond acceptors (Lipinski definition) is 0. The van der Waals surface area contributed by atoms with Crippen LogP contribution in [0.1, 0.15) is 20.4 Å². The predicted molar refractivity (Wildman–Crippen MR) is 54.7 cm³/mol. The molecule has 1 aromatic rings. The molecule has 0 aliphatic heterocycles. The van der Waals surface area contributed by atoms with E-state index >= 15 is 0 Å². The average Bonchev–Trinajstić information content (AvgIpc) is 1.80. The Hall–Kier alpha value is -0.200. The van der Waals surface area contributed by atoms with Gasteiger partial charge in [0, 0.05) is 0 Å². The van der Waals surface area contributed by atoms with E-state index in [0.717, 1.165) is 5.56 Å². The zero-order chi connectivity index (χ0) is 6.85. The van der Waals surface area contributed by atoms with Gasteiger partial charge in [0.1, 0.15) is 0 Å². The van der Waals surface area contributed by atoms with E-state index < -0.39 is 0 Å². The monoisotopic (exact) mass is 192 g/mol. The molecule has 64 valence electrons. The highest BCUT2D eigenvalue weighted by Crippen LogP contribution is 2.21. The minimum atomic E-state index is 0. The van der Waals surface area contributed by atoms with Crippen molar-refractivity contribution in [2.45, 2.75) is 21.8 Å². The van der Waals surface area contributed by atoms with Gasteiger partial charge in [0.25, 0.3) is 0 Å². The highest BCUT2D eigenvalue weighted by Gasteiger charge is 1.93. The highest BCUT2D eigenvalue weighted by atomic mass is 35.5. The molecule has 0 N–H and O–H groups in total. The summed E-state index contributed by atoms with van der Waals surface area (Å²) in [6.07, 6.45) is 0. The first-order chi connectivity index (χ1) is 4.20. The van der Waals surface area contributed by atoms with E-state index in [-0.39, 0.29) is 14.9 Å². The smallest absolute Gasteiger partial charge is 0.0594 e. The van der Waals surface area contributed by atoms with E-state index in [1.54, 1.807) is 6.07 Å². The third kappa shape index (κ3) is 3.64. The number of halogens is 2. The van der Waals surface area contributed by atoms with Crippen LogP contribution in [0.15, 0.2) is 18.2 Å². The Balaban J connectivity index is 0. The van der Waals surface area contributed by atoms with Crippen LogP contribution in [0.4, 0.5) is 0 Å². The van der Waals surface area contributed by atoms with Crippen molar-refractivity contribution in [1.82, 2.24) is 0 Å². The normalized spacial score (nSPS) is 7.91. The van der Waals surface area contributed by atoms with Gasteiger partial charge < -0.3 is 0 Å². The summed E-state index contributed by atoms with van der Waals surface area (Å²) in [6.45, 7) is 1.97. The molecule has 0 aromatic heterocycles. The summed E-state index contributed by atoms with van der Waals surface area (Å²) in [5, 5.41) is 1.24. The maximum Gasteiger partial charge on any atom is 0.0594 e. The molecule has 0 bridgehead atoms. The van der Waals surface area contributed by atoms with Gasteiger partial charge >= 0.3 is 0 Å². The van der Waals surface area contributed by atoms with Crippen molar-refractivity contribution in [3.63, 3.8) is 0 Å². The Morgan fingerprint density at radius 1 is 1.00 bits per heavy atom. The summed E-state index contributed by atoms with van der Waals surface area (Å²) in [7, 11) is 0. The quantitative estimate of drug-likeness (QED) is 0.565. The van der Waals surface area contributed by atoms with Crippen molar-refractivity contribution in [3.8, 4) is 0 Å². The van der Waals surface area contributed by atoms with Crippen LogP contribution in [0, 0.1) is 6.92 Å². The van der Waals surface area contributed by atoms with Gasteiger partial charge in [-0.2, -0.15) is 0 Å². The third-order valence-electron chi connectivity index (χ3n) is 1.08. The molecule has 0 radical (unpaired) electrons. The molecule has 0 amide bonds. The van der Waals surface area contributed by atoms with E-state index in [1.165, 1.54) is 0 Å². The van der Waals surface area contributed by atoms with Crippen LogP contribution in [0.3, 0.4) is 0 Å². The molecule has 0 heterocycles. The largest absolute Gasteiger partial charge is 0.0827 e. The standard InChI is InChI=1S/C7H6Cl2.2CH4/c1-5-2-3-6(8)7(9)4-5;;/h2-4H,1H3;2*1H4. The van der Waals surface area contributed by atoms with Gasteiger partial charge in [-0.05, 0) is 24.6 Å². The van der Waals surface area contributed by atoms with Gasteiger partial charge in [-0.1, -0.05) is 44.1 Å². The first kappa shape index (κ1) is 13.4. The minimum Gasteiger partial charge on any atom is -0.0827 e. The van der Waals surface area contributed by atoms with Crippen molar-refractivity contribution >= 4 is 23.2 Å². The van der Waals surface area contributed by atoms with Gasteiger partial charge in [-0.25, -0.2) is 0 Å². The summed E-state index contributed by atoms with van der Waals surface area (Å²) >= 11 is 11.3. The molecule has 1 aromatic carbocycles. The summed E-state index contributed by atoms with van der Waals surface area (Å²) < 4.78 is 0. The van der Waals surface area contributed by atoms with Gasteiger partial charge in [0.2, 0.25) is 0 Å². The molecule has 11 heavy (non-hydrogen) atoms. The van der Waals surface area contributed by atoms with E-state index in [1.807, 2.05) is 19.1 Å². The van der Waals surface area contributed by atoms with Gasteiger partial charge in [0.05, 0.1) is 10.0 Å². The fourth-order valence-electron chi connectivity index (χ4n) is 0.601. The fraction of sp³-hybridized carbons (Fsp3) is 0.333. The molecular formula is C9H14Cl2. The lowest BCUT2D eigenvalue weighted by Gasteiger charge is -1.94. The molecule has 0 saturated carbocycles. The Morgan fingerprint density at radius 2 is 1.55 bits per heavy atom. The van der Waals surface area contributed by atoms with E-state index in [4.69, 9.17) is 23.2 Å². The fourth-order valence-corrected chi connectivity index (χ4v) is 0.954. The topological polar surface area (TPSA) is 0 Å². The molecule has 0 nitrogen and oxygen atoms in total. The molecule has 0 aliphatic carbocycles. The van der Waals surface area contributed by atoms with Crippen LogP contribution in [-0.2, 0) is 0 Å². The zero-order valence-corrected chi connectivity index (χ0v) is 6.50. The second-order valence-corrected chi connectivity index (χ2v) is 2.73. The van der Waals surface area contributed by atoms with E-state index in [2.05, 4.69) is 0 Å². The summed E-state index contributed by atoms with van der Waals surface area (Å²) in [5.74, 6) is 0. The second-order valence-electron chi connectivity index (χ2n) is 1.92. The van der Waals surface area contributed by atoms with Gasteiger partial charge in [0.15, 0.2) is 0 Å². The number of hydrogen-bond donors (Lipinski definition) is 0. The minimum absolute atomic E-state index is 0. The zero-order valence-electron chi connectivity index (χ0n) is 4.99. The SMILES string of the molecule is C.C.Cc1ccc(Cl)c(Cl)c1. The van der Waals surface area contributed by atoms with Crippen LogP contribution in [-0.4, -0.2) is 0 Å². The van der Waals surface area contributed by atoms with Crippen LogP contribution < -0.4 is 0 Å². The molecule has 0 saturated heterocycles. The molecular weight excluding hydrogens is 179 g/mol. The molecule has 0 fully saturated rings. The second kappa shape index (κ2) is 5.45. The van der Waals surface area contributed by atoms with Crippen molar-refractivity contribution < 1.29 is 0 Å². The molecule has 0 unspecified atom stereocenters. The van der Waals surface area contributed by atoms with Crippen molar-refractivity contribution in [2.24, 2.45) is 0 Å². The Bertz CT molecular complexity index is 219. The molecule has 0 aliphatic rings. The summed E-state index contributed by atoms with van der Waals surface area (Å²) in [6, 6.07) is 5.55. The van der Waals surface area contributed by atoms with Crippen LogP contribution in [0.25, 0.3) is 0 Å². The van der Waals surface area contributed by atoms with Gasteiger partial charge in [-0.15, -0.1) is 0 Å². The van der Waals surface area contributed by atoms with Crippen LogP contribution in [0.5, 0.6) is 0 Å². The number of benzene rings is 1. The van der Waals surface area contributed by atoms with Crippen molar-refractivity contribution in [2.75, 3.05) is 0 Å². The summed E-state index contributed by atoms with van der Waals surface area (Å²) in [5.41, 5.74) is 1.13. The lowest BCUT2D eigenvalue weighted by molar-refractivity contribution is 1.47. The maximum absolute atomic E-state index is 5.68. The molecule has 0 spiro atoms. The first-order valence-corrected chi connectivity index (χ1v) is 3.37. The van der Waals surface area contributed by atoms with E-state index in [0.29, 0.717) is 10.0 Å².